The number of benzene rings is 4. The largest absolute Gasteiger partial charge is 0.507 e. The molecule has 8 heteroatoms. The number of cyclic esters (lactones) is 1. The third-order valence-corrected chi connectivity index (χ3v) is 7.41. The zero-order valence-electron chi connectivity index (χ0n) is 22.8. The Morgan fingerprint density at radius 3 is 2.25 bits per heavy atom. The quantitative estimate of drug-likeness (QED) is 0.205. The summed E-state index contributed by atoms with van der Waals surface area (Å²) in [6.45, 7) is 5.76. The summed E-state index contributed by atoms with van der Waals surface area (Å²) in [5.74, 6) is 0.862. The summed E-state index contributed by atoms with van der Waals surface area (Å²) in [7, 11) is 3.20. The van der Waals surface area contributed by atoms with E-state index < -0.39 is 12.1 Å². The number of methoxy groups -OCH3 is 2. The average Bonchev–Trinajstić information content (AvgIpc) is 3.30. The van der Waals surface area contributed by atoms with Gasteiger partial charge >= 0.3 is 5.97 Å². The normalized spacial score (nSPS) is 13.9. The van der Waals surface area contributed by atoms with Crippen LogP contribution in [0.15, 0.2) is 72.8 Å². The van der Waals surface area contributed by atoms with E-state index in [1.807, 2.05) is 60.7 Å². The Morgan fingerprint density at radius 1 is 0.875 bits per heavy atom. The molecule has 7 nitrogen and oxygen atoms in total. The van der Waals surface area contributed by atoms with Crippen LogP contribution < -0.4 is 19.7 Å². The SMILES string of the molecule is CCN(CC)c1ccc([C@H]2OC(=O)c3ccc(-c4cc(Nc5ccc(Cl)cc5)c(OC)cc4OC)cc32)c(O)c1. The average molecular weight is 559 g/mol. The van der Waals surface area contributed by atoms with Crippen LogP contribution in [-0.2, 0) is 4.74 Å². The first-order valence-electron chi connectivity index (χ1n) is 13.1. The molecule has 4 aromatic rings. The minimum Gasteiger partial charge on any atom is -0.507 e. The molecule has 0 radical (unpaired) electrons. The van der Waals surface area contributed by atoms with Crippen molar-refractivity contribution in [1.82, 2.24) is 0 Å². The Bertz CT molecular complexity index is 1550. The molecular weight excluding hydrogens is 528 g/mol. The molecule has 0 unspecified atom stereocenters. The van der Waals surface area contributed by atoms with Crippen LogP contribution in [-0.4, -0.2) is 38.4 Å². The van der Waals surface area contributed by atoms with Crippen LogP contribution in [0.4, 0.5) is 17.1 Å². The number of phenolic OH excluding ortho intramolecular Hbond substituents is 1. The molecule has 0 spiro atoms. The molecule has 4 aromatic carbocycles. The number of nitrogens with zero attached hydrogens (tertiary/aromatic N) is 1. The van der Waals surface area contributed by atoms with E-state index in [0.29, 0.717) is 33.2 Å². The number of fused-ring (bicyclic) bond motifs is 1. The fraction of sp³-hybridized carbons (Fsp3) is 0.219. The van der Waals surface area contributed by atoms with E-state index in [2.05, 4.69) is 24.1 Å². The van der Waals surface area contributed by atoms with Crippen LogP contribution in [0.1, 0.15) is 41.4 Å². The number of rotatable bonds is 9. The van der Waals surface area contributed by atoms with E-state index in [9.17, 15) is 9.90 Å². The van der Waals surface area contributed by atoms with Gasteiger partial charge in [-0.1, -0.05) is 17.7 Å². The van der Waals surface area contributed by atoms with Gasteiger partial charge in [-0.15, -0.1) is 0 Å². The first-order chi connectivity index (χ1) is 19.4. The van der Waals surface area contributed by atoms with Crippen molar-refractivity contribution in [3.63, 3.8) is 0 Å². The highest BCUT2D eigenvalue weighted by molar-refractivity contribution is 6.30. The summed E-state index contributed by atoms with van der Waals surface area (Å²) in [6.07, 6.45) is -0.732. The van der Waals surface area contributed by atoms with Gasteiger partial charge in [0.05, 0.1) is 25.5 Å². The summed E-state index contributed by atoms with van der Waals surface area (Å²) in [6, 6.07) is 22.2. The lowest BCUT2D eigenvalue weighted by molar-refractivity contribution is 0.0453. The topological polar surface area (TPSA) is 80.3 Å². The lowest BCUT2D eigenvalue weighted by atomic mass is 9.93. The van der Waals surface area contributed by atoms with E-state index in [1.165, 1.54) is 0 Å². The van der Waals surface area contributed by atoms with Gasteiger partial charge in [-0.25, -0.2) is 4.79 Å². The molecule has 1 aliphatic rings. The Labute approximate surface area is 238 Å². The smallest absolute Gasteiger partial charge is 0.339 e. The maximum absolute atomic E-state index is 12.8. The molecule has 1 heterocycles. The number of aromatic hydroxyl groups is 1. The molecular formula is C32H31ClN2O5. The molecule has 206 valence electrons. The Hall–Kier alpha value is -4.36. The van der Waals surface area contributed by atoms with Crippen LogP contribution in [0, 0.1) is 0 Å². The lowest BCUT2D eigenvalue weighted by Gasteiger charge is -2.22. The third-order valence-electron chi connectivity index (χ3n) is 7.16. The second-order valence-corrected chi connectivity index (χ2v) is 9.82. The number of anilines is 3. The highest BCUT2D eigenvalue weighted by Crippen LogP contribution is 2.45. The molecule has 0 bridgehead atoms. The van der Waals surface area contributed by atoms with E-state index in [-0.39, 0.29) is 5.75 Å². The number of hydrogen-bond acceptors (Lipinski definition) is 7. The van der Waals surface area contributed by atoms with Crippen LogP contribution in [0.5, 0.6) is 17.2 Å². The van der Waals surface area contributed by atoms with Crippen molar-refractivity contribution in [1.29, 1.82) is 0 Å². The summed E-state index contributed by atoms with van der Waals surface area (Å²) in [5.41, 5.74) is 5.78. The fourth-order valence-corrected chi connectivity index (χ4v) is 5.17. The number of hydrogen-bond donors (Lipinski definition) is 2. The fourth-order valence-electron chi connectivity index (χ4n) is 5.05. The van der Waals surface area contributed by atoms with Gasteiger partial charge in [0.1, 0.15) is 17.2 Å². The molecule has 5 rings (SSSR count). The van der Waals surface area contributed by atoms with Gasteiger partial charge in [0.25, 0.3) is 0 Å². The maximum Gasteiger partial charge on any atom is 0.339 e. The second-order valence-electron chi connectivity index (χ2n) is 9.39. The molecule has 0 amide bonds. The van der Waals surface area contributed by atoms with Crippen LogP contribution in [0.3, 0.4) is 0 Å². The first-order valence-corrected chi connectivity index (χ1v) is 13.5. The third kappa shape index (κ3) is 5.12. The molecule has 0 saturated heterocycles. The highest BCUT2D eigenvalue weighted by atomic mass is 35.5. The van der Waals surface area contributed by atoms with E-state index >= 15 is 0 Å². The van der Waals surface area contributed by atoms with Crippen molar-refractivity contribution < 1.29 is 24.1 Å². The number of ether oxygens (including phenoxy) is 3. The molecule has 1 aliphatic heterocycles. The van der Waals surface area contributed by atoms with E-state index in [1.54, 1.807) is 26.4 Å². The number of halogens is 1. The summed E-state index contributed by atoms with van der Waals surface area (Å²) in [4.78, 5) is 14.9. The minimum atomic E-state index is -0.732. The van der Waals surface area contributed by atoms with Crippen LogP contribution >= 0.6 is 11.6 Å². The van der Waals surface area contributed by atoms with Gasteiger partial charge in [0, 0.05) is 58.3 Å². The van der Waals surface area contributed by atoms with Gasteiger partial charge in [-0.05, 0) is 74.0 Å². The Kier molecular flexibility index (Phi) is 7.76. The summed E-state index contributed by atoms with van der Waals surface area (Å²) < 4.78 is 17.1. The predicted octanol–water partition coefficient (Wildman–Crippen LogP) is 7.58. The van der Waals surface area contributed by atoms with Crippen molar-refractivity contribution in [2.75, 3.05) is 37.5 Å². The molecule has 0 aromatic heterocycles. The van der Waals surface area contributed by atoms with Crippen LogP contribution in [0.2, 0.25) is 5.02 Å². The highest BCUT2D eigenvalue weighted by Gasteiger charge is 2.34. The zero-order valence-corrected chi connectivity index (χ0v) is 23.6. The van der Waals surface area contributed by atoms with Gasteiger partial charge in [0.15, 0.2) is 6.10 Å². The predicted molar refractivity (Wildman–Crippen MR) is 159 cm³/mol. The zero-order chi connectivity index (χ0) is 28.4. The summed E-state index contributed by atoms with van der Waals surface area (Å²) in [5, 5.41) is 15.0. The first kappa shape index (κ1) is 27.2. The molecule has 2 N–H and O–H groups in total. The number of phenols is 1. The number of nitrogens with one attached hydrogen (secondary N) is 1. The van der Waals surface area contributed by atoms with Gasteiger partial charge in [-0.3, -0.25) is 0 Å². The van der Waals surface area contributed by atoms with Gasteiger partial charge in [-0.2, -0.15) is 0 Å². The van der Waals surface area contributed by atoms with Gasteiger partial charge in [0.2, 0.25) is 0 Å². The molecule has 0 aliphatic carbocycles. The van der Waals surface area contributed by atoms with Crippen LogP contribution in [0.25, 0.3) is 11.1 Å². The number of esters is 1. The van der Waals surface area contributed by atoms with Crippen molar-refractivity contribution in [3.05, 3.63) is 94.5 Å². The standard InChI is InChI=1S/C32H31ClN2O5/c1-5-35(6-2)22-12-14-24(28(36)16-22)31-26-15-19(7-13-23(26)32(37)40-31)25-17-27(30(39-4)18-29(25)38-3)34-21-10-8-20(33)9-11-21/h7-18,31,34,36H,5-6H2,1-4H3/t31-/m1/s1. The molecule has 0 fully saturated rings. The number of carbonyl (C=O) groups is 1. The van der Waals surface area contributed by atoms with Crippen molar-refractivity contribution >= 4 is 34.6 Å². The van der Waals surface area contributed by atoms with E-state index in [4.69, 9.17) is 25.8 Å². The van der Waals surface area contributed by atoms with Crippen molar-refractivity contribution in [2.45, 2.75) is 20.0 Å². The second kappa shape index (κ2) is 11.4. The summed E-state index contributed by atoms with van der Waals surface area (Å²) >= 11 is 6.05. The minimum absolute atomic E-state index is 0.0805. The van der Waals surface area contributed by atoms with E-state index in [0.717, 1.165) is 41.3 Å². The monoisotopic (exact) mass is 558 g/mol. The Morgan fingerprint density at radius 2 is 1.60 bits per heavy atom. The van der Waals surface area contributed by atoms with Crippen molar-refractivity contribution in [3.8, 4) is 28.4 Å². The molecule has 0 saturated carbocycles. The number of carbonyl (C=O) groups excluding carboxylic acids is 1. The molecule has 1 atom stereocenters. The van der Waals surface area contributed by atoms with Crippen molar-refractivity contribution in [2.24, 2.45) is 0 Å². The van der Waals surface area contributed by atoms with Gasteiger partial charge < -0.3 is 29.5 Å². The Balaban J connectivity index is 1.56. The molecule has 40 heavy (non-hydrogen) atoms. The lowest BCUT2D eigenvalue weighted by Crippen LogP contribution is -2.21. The maximum atomic E-state index is 12.8.